The van der Waals surface area contributed by atoms with Crippen molar-refractivity contribution in [2.45, 2.75) is 13.8 Å². The predicted octanol–water partition coefficient (Wildman–Crippen LogP) is 9.34. The summed E-state index contributed by atoms with van der Waals surface area (Å²) in [6.45, 7) is 4.42. The maximum atomic E-state index is 5.17. The van der Waals surface area contributed by atoms with E-state index in [1.807, 2.05) is 0 Å². The maximum absolute atomic E-state index is 5.17. The Kier molecular flexibility index (Phi) is 4.80. The molecule has 3 heteroatoms. The number of imidazole rings is 1. The van der Waals surface area contributed by atoms with Crippen LogP contribution < -0.4 is 0 Å². The third-order valence-corrected chi connectivity index (χ3v) is 8.03. The Morgan fingerprint density at radius 3 is 2.14 bits per heavy atom. The molecule has 2 heterocycles. The molecule has 2 nitrogen and oxygen atoms in total. The fourth-order valence-corrected chi connectivity index (χ4v) is 6.45. The Labute approximate surface area is 214 Å². The third kappa shape index (κ3) is 3.28. The molecule has 0 radical (unpaired) electrons. The van der Waals surface area contributed by atoms with Gasteiger partial charge in [-0.1, -0.05) is 66.7 Å². The normalized spacial score (nSPS) is 11.6. The van der Waals surface area contributed by atoms with Gasteiger partial charge in [0.25, 0.3) is 0 Å². The van der Waals surface area contributed by atoms with E-state index in [1.165, 1.54) is 48.7 Å². The van der Waals surface area contributed by atoms with E-state index in [1.54, 1.807) is 11.3 Å². The van der Waals surface area contributed by atoms with Crippen LogP contribution in [0.5, 0.6) is 0 Å². The van der Waals surface area contributed by atoms with Crippen molar-refractivity contribution in [2.75, 3.05) is 0 Å². The van der Waals surface area contributed by atoms with Gasteiger partial charge in [-0.05, 0) is 83.3 Å². The van der Waals surface area contributed by atoms with Gasteiger partial charge in [-0.15, -0.1) is 11.3 Å². The molecule has 0 bridgehead atoms. The van der Waals surface area contributed by atoms with Crippen molar-refractivity contribution in [1.82, 2.24) is 9.55 Å². The third-order valence-electron chi connectivity index (χ3n) is 7.08. The fraction of sp³-hybridized carbons (Fsp3) is 0.0606. The van der Waals surface area contributed by atoms with E-state index in [4.69, 9.17) is 4.98 Å². The topological polar surface area (TPSA) is 17.8 Å². The molecule has 0 unspecified atom stereocenters. The van der Waals surface area contributed by atoms with Crippen molar-refractivity contribution in [2.24, 2.45) is 0 Å². The van der Waals surface area contributed by atoms with Gasteiger partial charge in [-0.3, -0.25) is 4.57 Å². The van der Waals surface area contributed by atoms with E-state index in [-0.39, 0.29) is 0 Å². The quantitative estimate of drug-likeness (QED) is 0.246. The molecular formula is C33H24N2S. The lowest BCUT2D eigenvalue weighted by Gasteiger charge is -2.16. The second kappa shape index (κ2) is 8.18. The van der Waals surface area contributed by atoms with Gasteiger partial charge in [0.2, 0.25) is 0 Å². The van der Waals surface area contributed by atoms with Crippen LogP contribution in [0.3, 0.4) is 0 Å². The summed E-state index contributed by atoms with van der Waals surface area (Å²) in [5, 5.41) is 6.05. The molecule has 5 aromatic carbocycles. The molecule has 0 saturated carbocycles. The minimum absolute atomic E-state index is 0.990. The van der Waals surface area contributed by atoms with Crippen LogP contribution in [0.4, 0.5) is 0 Å². The first-order chi connectivity index (χ1) is 17.7. The Morgan fingerprint density at radius 2 is 1.36 bits per heavy atom. The van der Waals surface area contributed by atoms with Gasteiger partial charge >= 0.3 is 0 Å². The minimum Gasteiger partial charge on any atom is -0.292 e. The number of para-hydroxylation sites is 2. The van der Waals surface area contributed by atoms with Gasteiger partial charge in [0, 0.05) is 26.7 Å². The molecule has 0 spiro atoms. The lowest BCUT2D eigenvalue weighted by molar-refractivity contribution is 1.10. The van der Waals surface area contributed by atoms with Crippen LogP contribution in [0.2, 0.25) is 0 Å². The van der Waals surface area contributed by atoms with Crippen molar-refractivity contribution >= 4 is 43.2 Å². The summed E-state index contributed by atoms with van der Waals surface area (Å²) in [5.74, 6) is 0.990. The second-order valence-electron chi connectivity index (χ2n) is 9.43. The van der Waals surface area contributed by atoms with E-state index in [2.05, 4.69) is 127 Å². The largest absolute Gasteiger partial charge is 0.292 e. The van der Waals surface area contributed by atoms with E-state index < -0.39 is 0 Å². The summed E-state index contributed by atoms with van der Waals surface area (Å²) in [6, 6.07) is 36.9. The Morgan fingerprint density at radius 1 is 0.694 bits per heavy atom. The fourth-order valence-electron chi connectivity index (χ4n) is 5.48. The molecule has 36 heavy (non-hydrogen) atoms. The molecule has 0 atom stereocenters. The first-order valence-electron chi connectivity index (χ1n) is 12.2. The number of nitrogens with zero attached hydrogens (tertiary/aromatic N) is 2. The molecule has 7 rings (SSSR count). The maximum Gasteiger partial charge on any atom is 0.147 e. The van der Waals surface area contributed by atoms with Gasteiger partial charge in [0.15, 0.2) is 0 Å². The van der Waals surface area contributed by atoms with Crippen molar-refractivity contribution in [3.05, 3.63) is 120 Å². The van der Waals surface area contributed by atoms with Gasteiger partial charge in [0.05, 0.1) is 11.0 Å². The Hall–Kier alpha value is -4.21. The van der Waals surface area contributed by atoms with E-state index >= 15 is 0 Å². The van der Waals surface area contributed by atoms with Crippen LogP contribution in [0, 0.1) is 13.8 Å². The average molecular weight is 481 g/mol. The summed E-state index contributed by atoms with van der Waals surface area (Å²) in [4.78, 5) is 5.17. The zero-order valence-electron chi connectivity index (χ0n) is 20.2. The van der Waals surface area contributed by atoms with E-state index in [0.717, 1.165) is 22.5 Å². The summed E-state index contributed by atoms with van der Waals surface area (Å²) in [6.07, 6.45) is 0. The minimum atomic E-state index is 0.990. The van der Waals surface area contributed by atoms with E-state index in [9.17, 15) is 0 Å². The van der Waals surface area contributed by atoms with Crippen LogP contribution in [-0.2, 0) is 0 Å². The highest BCUT2D eigenvalue weighted by Gasteiger charge is 2.19. The van der Waals surface area contributed by atoms with Crippen LogP contribution in [-0.4, -0.2) is 9.55 Å². The number of thiophene rings is 1. The number of fused-ring (bicyclic) bond motifs is 3. The Balaban J connectivity index is 1.49. The van der Waals surface area contributed by atoms with Crippen molar-refractivity contribution < 1.29 is 0 Å². The number of benzene rings is 5. The average Bonchev–Trinajstić information content (AvgIpc) is 3.48. The number of rotatable bonds is 3. The van der Waals surface area contributed by atoms with Gasteiger partial charge < -0.3 is 0 Å². The highest BCUT2D eigenvalue weighted by Crippen LogP contribution is 2.39. The summed E-state index contributed by atoms with van der Waals surface area (Å²) >= 11 is 1.79. The zero-order chi connectivity index (χ0) is 24.2. The van der Waals surface area contributed by atoms with Crippen LogP contribution in [0.1, 0.15) is 11.1 Å². The standard InChI is InChI=1S/C33H24N2S/c1-21-16-26(17-22(2)32(21)23-10-4-3-5-11-23)35-30-15-9-8-14-29(30)34-33(35)28-20-36-31-19-25-13-7-6-12-24(25)18-27(28)31/h3-20H,1-2H3. The number of hydrogen-bond donors (Lipinski definition) is 0. The smallest absolute Gasteiger partial charge is 0.147 e. The zero-order valence-corrected chi connectivity index (χ0v) is 21.0. The summed E-state index contributed by atoms with van der Waals surface area (Å²) < 4.78 is 3.62. The lowest BCUT2D eigenvalue weighted by Crippen LogP contribution is -2.00. The lowest BCUT2D eigenvalue weighted by atomic mass is 9.95. The van der Waals surface area contributed by atoms with Crippen LogP contribution in [0.15, 0.2) is 109 Å². The van der Waals surface area contributed by atoms with E-state index in [0.29, 0.717) is 0 Å². The SMILES string of the molecule is Cc1cc(-n2c(-c3csc4cc5ccccc5cc34)nc3ccccc32)cc(C)c1-c1ccccc1. The summed E-state index contributed by atoms with van der Waals surface area (Å²) in [5.41, 5.74) is 9.55. The molecule has 2 aromatic heterocycles. The van der Waals surface area contributed by atoms with Gasteiger partial charge in [-0.25, -0.2) is 4.98 Å². The molecule has 0 aliphatic heterocycles. The second-order valence-corrected chi connectivity index (χ2v) is 10.3. The highest BCUT2D eigenvalue weighted by molar-refractivity contribution is 7.17. The number of aromatic nitrogens is 2. The molecule has 0 saturated heterocycles. The molecule has 0 N–H and O–H groups in total. The van der Waals surface area contributed by atoms with Crippen LogP contribution >= 0.6 is 11.3 Å². The molecule has 0 aliphatic rings. The Bertz CT molecular complexity index is 1880. The number of aryl methyl sites for hydroxylation is 2. The first-order valence-corrected chi connectivity index (χ1v) is 13.1. The first kappa shape index (κ1) is 21.1. The summed E-state index contributed by atoms with van der Waals surface area (Å²) in [7, 11) is 0. The molecule has 7 aromatic rings. The van der Waals surface area contributed by atoms with Crippen LogP contribution in [0.25, 0.3) is 60.1 Å². The van der Waals surface area contributed by atoms with Crippen molar-refractivity contribution in [3.63, 3.8) is 0 Å². The highest BCUT2D eigenvalue weighted by atomic mass is 32.1. The predicted molar refractivity (Wildman–Crippen MR) is 154 cm³/mol. The van der Waals surface area contributed by atoms with Gasteiger partial charge in [0.1, 0.15) is 5.82 Å². The number of hydrogen-bond acceptors (Lipinski definition) is 2. The van der Waals surface area contributed by atoms with Crippen molar-refractivity contribution in [3.8, 4) is 28.2 Å². The molecule has 172 valence electrons. The van der Waals surface area contributed by atoms with Gasteiger partial charge in [-0.2, -0.15) is 0 Å². The monoisotopic (exact) mass is 480 g/mol. The van der Waals surface area contributed by atoms with Crippen molar-refractivity contribution in [1.29, 1.82) is 0 Å². The molecule has 0 amide bonds. The molecular weight excluding hydrogens is 456 g/mol. The molecule has 0 fully saturated rings. The molecule has 0 aliphatic carbocycles.